The van der Waals surface area contributed by atoms with E-state index in [0.29, 0.717) is 5.92 Å². The summed E-state index contributed by atoms with van der Waals surface area (Å²) in [5.41, 5.74) is 4.54. The summed E-state index contributed by atoms with van der Waals surface area (Å²) in [5.74, 6) is 1.76. The Kier molecular flexibility index (Phi) is 13.4. The number of nitrogens with one attached hydrogen (secondary N) is 1. The number of rotatable bonds is 8. The van der Waals surface area contributed by atoms with Gasteiger partial charge in [0.2, 0.25) is 0 Å². The van der Waals surface area contributed by atoms with E-state index in [9.17, 15) is 0 Å². The second-order valence-electron chi connectivity index (χ2n) is 6.83. The molecule has 10 radical (unpaired) electrons. The molecule has 27 heavy (non-hydrogen) atoms. The molecule has 0 aromatic heterocycles. The zero-order chi connectivity index (χ0) is 18.6. The van der Waals surface area contributed by atoms with Crippen molar-refractivity contribution in [2.75, 3.05) is 0 Å². The van der Waals surface area contributed by atoms with Crippen molar-refractivity contribution in [1.82, 2.24) is 5.48 Å². The summed E-state index contributed by atoms with van der Waals surface area (Å²) in [5, 5.41) is 0. The fraction of sp³-hybridized carbons (Fsp3) is 0.333. The normalized spacial score (nSPS) is 19.3. The predicted molar refractivity (Wildman–Crippen MR) is 109 cm³/mol. The summed E-state index contributed by atoms with van der Waals surface area (Å²) >= 11 is 0. The first kappa shape index (κ1) is 24.7. The first-order chi connectivity index (χ1) is 12.7. The van der Waals surface area contributed by atoms with Crippen molar-refractivity contribution in [3.63, 3.8) is 0 Å². The molecule has 2 fully saturated rings. The Morgan fingerprint density at radius 2 is 1.41 bits per heavy atom. The van der Waals surface area contributed by atoms with E-state index in [0.717, 1.165) is 12.8 Å². The quantitative estimate of drug-likeness (QED) is 0.456. The van der Waals surface area contributed by atoms with Crippen molar-refractivity contribution in [1.29, 1.82) is 0 Å². The van der Waals surface area contributed by atoms with Gasteiger partial charge in [-0.3, -0.25) is 4.84 Å². The standard InChI is InChI=1S/C19H26NO.C5H5.Fe/c1-4-10-18(16-11-6-5-7-12-16)21-20-19(15(2)3)17-13-8-9-14-17;1-2-4-5-3-1;/h5-9,11-15,18-20H,4,10H2,1-3H3;1-5H;/q;;+2/t18-,19-;;/m1../s1. The van der Waals surface area contributed by atoms with Crippen LogP contribution in [-0.4, -0.2) is 6.04 Å². The zero-order valence-electron chi connectivity index (χ0n) is 16.5. The third-order valence-electron chi connectivity index (χ3n) is 4.33. The Morgan fingerprint density at radius 1 is 0.852 bits per heavy atom. The van der Waals surface area contributed by atoms with Gasteiger partial charge in [-0.05, 0) is 75.7 Å². The van der Waals surface area contributed by atoms with Crippen LogP contribution in [0.4, 0.5) is 0 Å². The van der Waals surface area contributed by atoms with Crippen LogP contribution in [0.1, 0.15) is 45.3 Å². The van der Waals surface area contributed by atoms with E-state index < -0.39 is 0 Å². The second kappa shape index (κ2) is 14.6. The van der Waals surface area contributed by atoms with Crippen molar-refractivity contribution in [2.24, 2.45) is 5.92 Å². The first-order valence-corrected chi connectivity index (χ1v) is 9.56. The third-order valence-corrected chi connectivity index (χ3v) is 4.33. The van der Waals surface area contributed by atoms with Crippen LogP contribution < -0.4 is 5.48 Å². The number of hydrogen-bond acceptors (Lipinski definition) is 2. The van der Waals surface area contributed by atoms with Gasteiger partial charge in [0.25, 0.3) is 0 Å². The molecule has 0 heterocycles. The summed E-state index contributed by atoms with van der Waals surface area (Å²) < 4.78 is 0. The molecule has 0 amide bonds. The van der Waals surface area contributed by atoms with E-state index in [1.54, 1.807) is 0 Å². The molecule has 2 atom stereocenters. The fourth-order valence-electron chi connectivity index (χ4n) is 2.88. The molecule has 1 aromatic carbocycles. The Bertz CT molecular complexity index is 447. The van der Waals surface area contributed by atoms with Gasteiger partial charge in [0, 0.05) is 12.0 Å². The molecule has 2 saturated carbocycles. The summed E-state index contributed by atoms with van der Waals surface area (Å²) in [7, 11) is 0. The molecule has 0 saturated heterocycles. The first-order valence-electron chi connectivity index (χ1n) is 9.56. The zero-order valence-corrected chi connectivity index (χ0v) is 17.6. The van der Waals surface area contributed by atoms with E-state index in [1.165, 1.54) is 11.5 Å². The SMILES string of the molecule is CCC[C@@H](ON[C@@H]([C]1[CH][CH][CH][CH]1)C(C)C)c1ccccc1.[CH]1[CH][CH][CH][CH]1.[Fe+2]. The summed E-state index contributed by atoms with van der Waals surface area (Å²) in [4.78, 5) is 6.07. The topological polar surface area (TPSA) is 21.3 Å². The number of hydroxylamine groups is 1. The van der Waals surface area contributed by atoms with Crippen LogP contribution in [0.2, 0.25) is 0 Å². The Hall–Kier alpha value is -0.341. The molecule has 2 nitrogen and oxygen atoms in total. The van der Waals surface area contributed by atoms with Gasteiger partial charge in [0.05, 0.1) is 0 Å². The maximum Gasteiger partial charge on any atom is 2.00 e. The third kappa shape index (κ3) is 9.13. The molecular weight excluding hydrogens is 374 g/mol. The summed E-state index contributed by atoms with van der Waals surface area (Å²) in [6.07, 6.45) is 20.7. The van der Waals surface area contributed by atoms with Gasteiger partial charge < -0.3 is 0 Å². The maximum absolute atomic E-state index is 6.07. The minimum atomic E-state index is 0. The van der Waals surface area contributed by atoms with Gasteiger partial charge in [0.1, 0.15) is 6.10 Å². The fourth-order valence-corrected chi connectivity index (χ4v) is 2.88. The van der Waals surface area contributed by atoms with Crippen molar-refractivity contribution in [3.8, 4) is 0 Å². The van der Waals surface area contributed by atoms with Crippen LogP contribution in [-0.2, 0) is 21.9 Å². The second-order valence-corrected chi connectivity index (χ2v) is 6.83. The minimum Gasteiger partial charge on any atom is -0.293 e. The molecule has 1 aromatic rings. The molecule has 0 spiro atoms. The summed E-state index contributed by atoms with van der Waals surface area (Å²) in [6, 6.07) is 10.7. The minimum absolute atomic E-state index is 0. The van der Waals surface area contributed by atoms with Gasteiger partial charge in [0.15, 0.2) is 0 Å². The van der Waals surface area contributed by atoms with E-state index in [-0.39, 0.29) is 29.2 Å². The van der Waals surface area contributed by atoms with Crippen LogP contribution >= 0.6 is 0 Å². The van der Waals surface area contributed by atoms with E-state index >= 15 is 0 Å². The smallest absolute Gasteiger partial charge is 0.293 e. The van der Waals surface area contributed by atoms with Crippen LogP contribution in [0.5, 0.6) is 0 Å². The van der Waals surface area contributed by atoms with Gasteiger partial charge in [-0.2, -0.15) is 5.48 Å². The molecule has 144 valence electrons. The van der Waals surface area contributed by atoms with Crippen molar-refractivity contribution >= 4 is 0 Å². The molecule has 3 rings (SSSR count). The summed E-state index contributed by atoms with van der Waals surface area (Å²) in [6.45, 7) is 6.62. The largest absolute Gasteiger partial charge is 2.00 e. The molecule has 0 bridgehead atoms. The van der Waals surface area contributed by atoms with Gasteiger partial charge in [-0.25, -0.2) is 0 Å². The van der Waals surface area contributed by atoms with E-state index in [4.69, 9.17) is 4.84 Å². The Morgan fingerprint density at radius 3 is 1.89 bits per heavy atom. The number of benzene rings is 1. The Labute approximate surface area is 178 Å². The molecule has 3 heteroatoms. The number of hydrogen-bond donors (Lipinski definition) is 1. The van der Waals surface area contributed by atoms with Crippen LogP contribution in [0.15, 0.2) is 30.3 Å². The van der Waals surface area contributed by atoms with Gasteiger partial charge >= 0.3 is 17.1 Å². The van der Waals surface area contributed by atoms with E-state index in [1.807, 2.05) is 38.2 Å². The average molecular weight is 405 g/mol. The monoisotopic (exact) mass is 405 g/mol. The molecular formula is C24H31FeNO+2. The predicted octanol–water partition coefficient (Wildman–Crippen LogP) is 5.50. The molecule has 0 unspecified atom stereocenters. The van der Waals surface area contributed by atoms with Crippen molar-refractivity contribution in [2.45, 2.75) is 45.8 Å². The maximum atomic E-state index is 6.07. The van der Waals surface area contributed by atoms with Crippen molar-refractivity contribution < 1.29 is 21.9 Å². The van der Waals surface area contributed by atoms with Gasteiger partial charge in [-0.15, -0.1) is 0 Å². The van der Waals surface area contributed by atoms with Crippen molar-refractivity contribution in [3.05, 3.63) is 99.6 Å². The van der Waals surface area contributed by atoms with Crippen LogP contribution in [0, 0.1) is 69.6 Å². The van der Waals surface area contributed by atoms with E-state index in [2.05, 4.69) is 76.2 Å². The Balaban J connectivity index is 0.000000526. The average Bonchev–Trinajstić information content (AvgIpc) is 3.38. The van der Waals surface area contributed by atoms with Crippen LogP contribution in [0.3, 0.4) is 0 Å². The van der Waals surface area contributed by atoms with Crippen LogP contribution in [0.25, 0.3) is 0 Å². The molecule has 2 aliphatic rings. The molecule has 2 aliphatic carbocycles. The van der Waals surface area contributed by atoms with Gasteiger partial charge in [-0.1, -0.05) is 57.5 Å². The molecule has 1 N–H and O–H groups in total. The molecule has 0 aliphatic heterocycles.